The number of benzene rings is 1. The molecule has 8 nitrogen and oxygen atoms in total. The summed E-state index contributed by atoms with van der Waals surface area (Å²) in [5, 5.41) is 19.1. The Kier molecular flexibility index (Phi) is 6.66. The summed E-state index contributed by atoms with van der Waals surface area (Å²) in [5.74, 6) is -0.311. The summed E-state index contributed by atoms with van der Waals surface area (Å²) in [6.45, 7) is 4.15. The molecule has 3 N–H and O–H groups in total. The fraction of sp³-hybridized carbons (Fsp3) is 0.455. The number of hydrogen-bond acceptors (Lipinski definition) is 5. The molecule has 0 fully saturated rings. The molecule has 0 saturated heterocycles. The minimum absolute atomic E-state index is 0.0106. The molecular weight excluding hydrogens is 384 g/mol. The Hall–Kier alpha value is -3.00. The summed E-state index contributed by atoms with van der Waals surface area (Å²) in [6.07, 6.45) is 1.68. The maximum Gasteiger partial charge on any atom is 0.272 e. The van der Waals surface area contributed by atoms with Crippen LogP contribution in [-0.2, 0) is 17.8 Å². The van der Waals surface area contributed by atoms with Crippen LogP contribution in [0.2, 0.25) is 0 Å². The largest absolute Gasteiger partial charge is 0.394 e. The van der Waals surface area contributed by atoms with Gasteiger partial charge in [-0.3, -0.25) is 19.5 Å². The normalized spacial score (nSPS) is 13.6. The van der Waals surface area contributed by atoms with Crippen LogP contribution >= 0.6 is 0 Å². The first-order valence-electron chi connectivity index (χ1n) is 10.2. The first kappa shape index (κ1) is 21.7. The number of ketones is 1. The van der Waals surface area contributed by atoms with Gasteiger partial charge in [0, 0.05) is 30.5 Å². The number of aliphatic hydroxyl groups is 1. The molecule has 0 radical (unpaired) electrons. The van der Waals surface area contributed by atoms with Crippen molar-refractivity contribution >= 4 is 17.6 Å². The van der Waals surface area contributed by atoms with Crippen molar-refractivity contribution in [1.29, 1.82) is 0 Å². The van der Waals surface area contributed by atoms with E-state index in [1.807, 2.05) is 18.2 Å². The number of H-pyrrole nitrogens is 1. The number of amides is 2. The fourth-order valence-corrected chi connectivity index (χ4v) is 3.45. The van der Waals surface area contributed by atoms with Crippen molar-refractivity contribution in [1.82, 2.24) is 20.4 Å². The van der Waals surface area contributed by atoms with Gasteiger partial charge in [0.2, 0.25) is 5.91 Å². The van der Waals surface area contributed by atoms with Gasteiger partial charge in [-0.05, 0) is 26.7 Å². The van der Waals surface area contributed by atoms with E-state index in [1.54, 1.807) is 30.9 Å². The lowest BCUT2D eigenvalue weighted by Gasteiger charge is -2.27. The van der Waals surface area contributed by atoms with Gasteiger partial charge >= 0.3 is 0 Å². The summed E-state index contributed by atoms with van der Waals surface area (Å²) < 4.78 is 0. The third kappa shape index (κ3) is 5.13. The van der Waals surface area contributed by atoms with Crippen LogP contribution in [0.1, 0.15) is 65.2 Å². The predicted octanol–water partition coefficient (Wildman–Crippen LogP) is 1.85. The molecule has 8 heteroatoms. The number of nitrogens with one attached hydrogen (secondary N) is 2. The van der Waals surface area contributed by atoms with Gasteiger partial charge in [-0.15, -0.1) is 0 Å². The van der Waals surface area contributed by atoms with Crippen molar-refractivity contribution in [2.24, 2.45) is 0 Å². The number of carbonyl (C=O) groups excluding carboxylic acids is 3. The Bertz CT molecular complexity index is 920. The van der Waals surface area contributed by atoms with Crippen LogP contribution in [0.4, 0.5) is 0 Å². The van der Waals surface area contributed by atoms with Crippen molar-refractivity contribution in [2.45, 2.75) is 51.6 Å². The molecule has 1 aliphatic rings. The standard InChI is InChI=1S/C22H28N4O4/c1-22(2,14-27)23-21(30)20-16-11-12-26(13-17(16)24-25-20)19(29)10-6-9-18(28)15-7-4-3-5-8-15/h3-5,7-8,27H,6,9-14H2,1-2H3,(H,23,30)(H,24,25). The Balaban J connectivity index is 1.53. The molecule has 0 unspecified atom stereocenters. The summed E-state index contributed by atoms with van der Waals surface area (Å²) >= 11 is 0. The highest BCUT2D eigenvalue weighted by Gasteiger charge is 2.29. The first-order valence-corrected chi connectivity index (χ1v) is 10.2. The number of nitrogens with zero attached hydrogens (tertiary/aromatic N) is 2. The van der Waals surface area contributed by atoms with E-state index in [2.05, 4.69) is 15.5 Å². The van der Waals surface area contributed by atoms with Crippen LogP contribution in [-0.4, -0.2) is 56.5 Å². The monoisotopic (exact) mass is 412 g/mol. The number of fused-ring (bicyclic) bond motifs is 1. The molecule has 1 aromatic heterocycles. The van der Waals surface area contributed by atoms with Gasteiger partial charge in [-0.25, -0.2) is 0 Å². The third-order valence-corrected chi connectivity index (χ3v) is 5.24. The molecule has 30 heavy (non-hydrogen) atoms. The van der Waals surface area contributed by atoms with E-state index in [0.717, 1.165) is 11.3 Å². The first-order chi connectivity index (χ1) is 14.3. The third-order valence-electron chi connectivity index (χ3n) is 5.24. The lowest BCUT2D eigenvalue weighted by Crippen LogP contribution is -2.46. The van der Waals surface area contributed by atoms with E-state index < -0.39 is 5.54 Å². The predicted molar refractivity (Wildman–Crippen MR) is 111 cm³/mol. The zero-order chi connectivity index (χ0) is 21.7. The average Bonchev–Trinajstić information content (AvgIpc) is 3.17. The molecule has 160 valence electrons. The van der Waals surface area contributed by atoms with Gasteiger partial charge in [-0.1, -0.05) is 30.3 Å². The lowest BCUT2D eigenvalue weighted by molar-refractivity contribution is -0.132. The van der Waals surface area contributed by atoms with E-state index in [0.29, 0.717) is 50.0 Å². The molecule has 0 spiro atoms. The van der Waals surface area contributed by atoms with Crippen LogP contribution in [0.25, 0.3) is 0 Å². The second-order valence-electron chi connectivity index (χ2n) is 8.23. The number of carbonyl (C=O) groups is 3. The van der Waals surface area contributed by atoms with Gasteiger partial charge < -0.3 is 15.3 Å². The number of Topliss-reactive ketones (excluding diaryl/α,β-unsaturated/α-hetero) is 1. The summed E-state index contributed by atoms with van der Waals surface area (Å²) in [4.78, 5) is 38.9. The van der Waals surface area contributed by atoms with Crippen molar-refractivity contribution in [3.63, 3.8) is 0 Å². The van der Waals surface area contributed by atoms with E-state index >= 15 is 0 Å². The Morgan fingerprint density at radius 2 is 1.93 bits per heavy atom. The van der Waals surface area contributed by atoms with Crippen LogP contribution < -0.4 is 5.32 Å². The molecular formula is C22H28N4O4. The van der Waals surface area contributed by atoms with Crippen LogP contribution in [0.5, 0.6) is 0 Å². The Morgan fingerprint density at radius 3 is 2.63 bits per heavy atom. The number of hydrogen-bond donors (Lipinski definition) is 3. The maximum absolute atomic E-state index is 12.6. The smallest absolute Gasteiger partial charge is 0.272 e. The van der Waals surface area contributed by atoms with Gasteiger partial charge in [0.1, 0.15) is 0 Å². The highest BCUT2D eigenvalue weighted by Crippen LogP contribution is 2.22. The maximum atomic E-state index is 12.6. The quantitative estimate of drug-likeness (QED) is 0.573. The molecule has 2 aromatic rings. The average molecular weight is 412 g/mol. The van der Waals surface area contributed by atoms with E-state index in [-0.39, 0.29) is 24.2 Å². The number of aromatic amines is 1. The molecule has 2 amide bonds. The van der Waals surface area contributed by atoms with Gasteiger partial charge in [0.15, 0.2) is 11.5 Å². The van der Waals surface area contributed by atoms with E-state index in [9.17, 15) is 19.5 Å². The summed E-state index contributed by atoms with van der Waals surface area (Å²) in [5.41, 5.74) is 1.80. The SMILES string of the molecule is CC(C)(CO)NC(=O)c1n[nH]c2c1CCN(C(=O)CCCC(=O)c1ccccc1)C2. The van der Waals surface area contributed by atoms with E-state index in [4.69, 9.17) is 0 Å². The van der Waals surface area contributed by atoms with Crippen LogP contribution in [0.3, 0.4) is 0 Å². The van der Waals surface area contributed by atoms with E-state index in [1.165, 1.54) is 0 Å². The molecule has 3 rings (SSSR count). The summed E-state index contributed by atoms with van der Waals surface area (Å²) in [6, 6.07) is 9.08. The molecule has 0 bridgehead atoms. The molecule has 2 heterocycles. The highest BCUT2D eigenvalue weighted by atomic mass is 16.3. The van der Waals surface area contributed by atoms with Crippen LogP contribution in [0, 0.1) is 0 Å². The highest BCUT2D eigenvalue weighted by molar-refractivity contribution is 5.96. The minimum Gasteiger partial charge on any atom is -0.394 e. The topological polar surface area (TPSA) is 115 Å². The van der Waals surface area contributed by atoms with Gasteiger partial charge in [0.25, 0.3) is 5.91 Å². The molecule has 0 aliphatic carbocycles. The second kappa shape index (κ2) is 9.21. The van der Waals surface area contributed by atoms with Crippen molar-refractivity contribution < 1.29 is 19.5 Å². The van der Waals surface area contributed by atoms with Crippen molar-refractivity contribution in [2.75, 3.05) is 13.2 Å². The van der Waals surface area contributed by atoms with Gasteiger partial charge in [0.05, 0.1) is 24.4 Å². The molecule has 1 aromatic carbocycles. The Morgan fingerprint density at radius 1 is 1.20 bits per heavy atom. The molecule has 1 aliphatic heterocycles. The second-order valence-corrected chi connectivity index (χ2v) is 8.23. The number of rotatable bonds is 8. The summed E-state index contributed by atoms with van der Waals surface area (Å²) in [7, 11) is 0. The lowest BCUT2D eigenvalue weighted by atomic mass is 10.0. The fourth-order valence-electron chi connectivity index (χ4n) is 3.45. The number of aliphatic hydroxyl groups excluding tert-OH is 1. The van der Waals surface area contributed by atoms with Crippen molar-refractivity contribution in [3.8, 4) is 0 Å². The molecule has 0 atom stereocenters. The number of aromatic nitrogens is 2. The Labute approximate surface area is 175 Å². The van der Waals surface area contributed by atoms with Crippen molar-refractivity contribution in [3.05, 3.63) is 52.8 Å². The molecule has 0 saturated carbocycles. The zero-order valence-corrected chi connectivity index (χ0v) is 17.4. The zero-order valence-electron chi connectivity index (χ0n) is 17.4. The van der Waals surface area contributed by atoms with Crippen LogP contribution in [0.15, 0.2) is 30.3 Å². The minimum atomic E-state index is -0.739. The van der Waals surface area contributed by atoms with Gasteiger partial charge in [-0.2, -0.15) is 5.10 Å².